The van der Waals surface area contributed by atoms with Crippen molar-refractivity contribution in [3.63, 3.8) is 0 Å². The van der Waals surface area contributed by atoms with Gasteiger partial charge in [0.15, 0.2) is 0 Å². The lowest BCUT2D eigenvalue weighted by Crippen LogP contribution is -2.25. The van der Waals surface area contributed by atoms with Crippen molar-refractivity contribution >= 4 is 29.1 Å². The minimum Gasteiger partial charge on any atom is -0.385 e. The second-order valence-electron chi connectivity index (χ2n) is 6.83. The summed E-state index contributed by atoms with van der Waals surface area (Å²) in [6.07, 6.45) is 2.42. The fourth-order valence-corrected chi connectivity index (χ4v) is 2.90. The molecule has 2 amide bonds. The molecule has 0 aliphatic carbocycles. The number of nitrogens with zero attached hydrogens (tertiary/aromatic N) is 2. The summed E-state index contributed by atoms with van der Waals surface area (Å²) in [4.78, 5) is 32.3. The molecule has 0 spiro atoms. The number of anilines is 3. The van der Waals surface area contributed by atoms with E-state index in [4.69, 9.17) is 4.74 Å². The van der Waals surface area contributed by atoms with E-state index >= 15 is 0 Å². The molecule has 8 nitrogen and oxygen atoms in total. The van der Waals surface area contributed by atoms with Crippen LogP contribution in [-0.2, 0) is 9.53 Å². The average molecular weight is 419 g/mol. The van der Waals surface area contributed by atoms with Crippen LogP contribution in [0.3, 0.4) is 0 Å². The predicted octanol–water partition coefficient (Wildman–Crippen LogP) is 3.61. The van der Waals surface area contributed by atoms with Crippen LogP contribution in [0.15, 0.2) is 60.8 Å². The van der Waals surface area contributed by atoms with Crippen molar-refractivity contribution in [3.8, 4) is 11.3 Å². The maximum absolute atomic E-state index is 12.3. The van der Waals surface area contributed by atoms with Crippen LogP contribution in [0.4, 0.5) is 17.3 Å². The summed E-state index contributed by atoms with van der Waals surface area (Å²) in [5.74, 6) is 0.155. The van der Waals surface area contributed by atoms with Gasteiger partial charge in [-0.15, -0.1) is 0 Å². The van der Waals surface area contributed by atoms with E-state index in [1.807, 2.05) is 36.4 Å². The number of hydrogen-bond acceptors (Lipinski definition) is 6. The van der Waals surface area contributed by atoms with Crippen molar-refractivity contribution in [1.82, 2.24) is 15.3 Å². The molecule has 0 fully saturated rings. The molecule has 3 N–H and O–H groups in total. The molecule has 8 heteroatoms. The number of nitrogens with one attached hydrogen (secondary N) is 3. The van der Waals surface area contributed by atoms with Crippen molar-refractivity contribution in [2.75, 3.05) is 30.9 Å². The summed E-state index contributed by atoms with van der Waals surface area (Å²) in [7, 11) is 1.63. The largest absolute Gasteiger partial charge is 0.385 e. The number of benzene rings is 2. The van der Waals surface area contributed by atoms with Gasteiger partial charge in [-0.05, 0) is 42.8 Å². The smallest absolute Gasteiger partial charge is 0.251 e. The van der Waals surface area contributed by atoms with E-state index in [0.29, 0.717) is 30.4 Å². The molecule has 0 unspecified atom stereocenters. The minimum atomic E-state index is -0.145. The monoisotopic (exact) mass is 419 g/mol. The second-order valence-corrected chi connectivity index (χ2v) is 6.83. The van der Waals surface area contributed by atoms with Gasteiger partial charge < -0.3 is 20.7 Å². The first-order valence-corrected chi connectivity index (χ1v) is 9.90. The average Bonchev–Trinajstić information content (AvgIpc) is 2.77. The number of aromatic nitrogens is 2. The Labute approximate surface area is 181 Å². The molecule has 2 aromatic carbocycles. The van der Waals surface area contributed by atoms with Crippen LogP contribution < -0.4 is 16.0 Å². The number of rotatable bonds is 9. The highest BCUT2D eigenvalue weighted by molar-refractivity contribution is 5.95. The van der Waals surface area contributed by atoms with Gasteiger partial charge in [-0.25, -0.2) is 9.97 Å². The van der Waals surface area contributed by atoms with Crippen molar-refractivity contribution in [2.45, 2.75) is 13.3 Å². The first-order chi connectivity index (χ1) is 15.0. The fraction of sp³-hybridized carbons (Fsp3) is 0.217. The second kappa shape index (κ2) is 10.8. The first kappa shape index (κ1) is 21.9. The summed E-state index contributed by atoms with van der Waals surface area (Å²) in [5, 5.41) is 8.75. The molecule has 1 aromatic heterocycles. The highest BCUT2D eigenvalue weighted by Gasteiger charge is 2.08. The van der Waals surface area contributed by atoms with Gasteiger partial charge in [0.1, 0.15) is 0 Å². The molecule has 1 heterocycles. The van der Waals surface area contributed by atoms with Crippen LogP contribution in [0.1, 0.15) is 23.7 Å². The first-order valence-electron chi connectivity index (χ1n) is 9.90. The molecule has 0 bridgehead atoms. The Morgan fingerprint density at radius 3 is 2.58 bits per heavy atom. The van der Waals surface area contributed by atoms with E-state index in [1.54, 1.807) is 31.5 Å². The molecule has 3 rings (SSSR count). The third-order valence-corrected chi connectivity index (χ3v) is 4.35. The molecule has 0 saturated heterocycles. The molecule has 0 aliphatic rings. The molecule has 3 aromatic rings. The van der Waals surface area contributed by atoms with Gasteiger partial charge in [0.25, 0.3) is 5.91 Å². The number of carbonyl (C=O) groups is 2. The summed E-state index contributed by atoms with van der Waals surface area (Å²) in [6, 6.07) is 16.4. The Hall–Kier alpha value is -3.78. The molecule has 0 saturated carbocycles. The molecule has 0 radical (unpaired) electrons. The molecular formula is C23H25N5O3. The predicted molar refractivity (Wildman–Crippen MR) is 120 cm³/mol. The van der Waals surface area contributed by atoms with Gasteiger partial charge in [-0.3, -0.25) is 9.59 Å². The van der Waals surface area contributed by atoms with Crippen LogP contribution in [0.25, 0.3) is 11.3 Å². The van der Waals surface area contributed by atoms with Gasteiger partial charge in [0.2, 0.25) is 11.9 Å². The summed E-state index contributed by atoms with van der Waals surface area (Å²) < 4.78 is 4.99. The minimum absolute atomic E-state index is 0.118. The van der Waals surface area contributed by atoms with E-state index in [2.05, 4.69) is 25.9 Å². The summed E-state index contributed by atoms with van der Waals surface area (Å²) >= 11 is 0. The number of amides is 2. The highest BCUT2D eigenvalue weighted by atomic mass is 16.5. The third kappa shape index (κ3) is 6.61. The van der Waals surface area contributed by atoms with Crippen LogP contribution in [0, 0.1) is 0 Å². The van der Waals surface area contributed by atoms with E-state index in [9.17, 15) is 9.59 Å². The molecular weight excluding hydrogens is 394 g/mol. The van der Waals surface area contributed by atoms with Gasteiger partial charge in [0, 0.05) is 55.9 Å². The van der Waals surface area contributed by atoms with Gasteiger partial charge in [0.05, 0.1) is 5.69 Å². The van der Waals surface area contributed by atoms with Crippen LogP contribution in [0.2, 0.25) is 0 Å². The summed E-state index contributed by atoms with van der Waals surface area (Å²) in [5.41, 5.74) is 3.61. The zero-order chi connectivity index (χ0) is 22.1. The van der Waals surface area contributed by atoms with Crippen LogP contribution in [0.5, 0.6) is 0 Å². The topological polar surface area (TPSA) is 105 Å². The quantitative estimate of drug-likeness (QED) is 0.458. The Balaban J connectivity index is 1.68. The van der Waals surface area contributed by atoms with Crippen molar-refractivity contribution in [3.05, 3.63) is 66.4 Å². The number of carbonyl (C=O) groups excluding carboxylic acids is 2. The van der Waals surface area contributed by atoms with E-state index < -0.39 is 0 Å². The maximum atomic E-state index is 12.3. The normalized spacial score (nSPS) is 10.4. The van der Waals surface area contributed by atoms with E-state index in [-0.39, 0.29) is 11.8 Å². The van der Waals surface area contributed by atoms with Gasteiger partial charge in [-0.2, -0.15) is 0 Å². The Morgan fingerprint density at radius 1 is 1.03 bits per heavy atom. The Kier molecular flexibility index (Phi) is 7.67. The number of methoxy groups -OCH3 is 1. The third-order valence-electron chi connectivity index (χ3n) is 4.35. The van der Waals surface area contributed by atoms with E-state index in [0.717, 1.165) is 23.4 Å². The van der Waals surface area contributed by atoms with Crippen LogP contribution in [-0.4, -0.2) is 42.0 Å². The van der Waals surface area contributed by atoms with Crippen molar-refractivity contribution in [2.24, 2.45) is 0 Å². The molecule has 31 heavy (non-hydrogen) atoms. The zero-order valence-corrected chi connectivity index (χ0v) is 17.5. The van der Waals surface area contributed by atoms with Gasteiger partial charge in [-0.1, -0.05) is 18.2 Å². The van der Waals surface area contributed by atoms with Gasteiger partial charge >= 0.3 is 0 Å². The van der Waals surface area contributed by atoms with Crippen molar-refractivity contribution < 1.29 is 14.3 Å². The van der Waals surface area contributed by atoms with Crippen LogP contribution >= 0.6 is 0 Å². The SMILES string of the molecule is COCCCNC(=O)c1cccc(Nc2nccc(-c3ccc(NC(C)=O)cc3)n2)c1. The summed E-state index contributed by atoms with van der Waals surface area (Å²) in [6.45, 7) is 2.62. The molecule has 0 aliphatic heterocycles. The number of hydrogen-bond donors (Lipinski definition) is 3. The Morgan fingerprint density at radius 2 is 1.84 bits per heavy atom. The Bertz CT molecular complexity index is 1040. The standard InChI is InChI=1S/C23H25N5O3/c1-16(29)26-19-9-7-17(8-10-19)21-11-13-25-23(28-21)27-20-6-3-5-18(15-20)22(30)24-12-4-14-31-2/h3,5-11,13,15H,4,12,14H2,1-2H3,(H,24,30)(H,26,29)(H,25,27,28). The fourth-order valence-electron chi connectivity index (χ4n) is 2.90. The zero-order valence-electron chi connectivity index (χ0n) is 17.5. The highest BCUT2D eigenvalue weighted by Crippen LogP contribution is 2.22. The lowest BCUT2D eigenvalue weighted by molar-refractivity contribution is -0.114. The maximum Gasteiger partial charge on any atom is 0.251 e. The molecule has 160 valence electrons. The lowest BCUT2D eigenvalue weighted by atomic mass is 10.1. The number of ether oxygens (including phenoxy) is 1. The van der Waals surface area contributed by atoms with E-state index in [1.165, 1.54) is 6.92 Å². The van der Waals surface area contributed by atoms with Crippen molar-refractivity contribution in [1.29, 1.82) is 0 Å². The molecule has 0 atom stereocenters. The lowest BCUT2D eigenvalue weighted by Gasteiger charge is -2.09.